The molecule has 0 spiro atoms. The molecule has 0 aliphatic carbocycles. The molecule has 0 heterocycles. The van der Waals surface area contributed by atoms with E-state index in [9.17, 15) is 0 Å². The van der Waals surface area contributed by atoms with E-state index in [0.29, 0.717) is 0 Å². The lowest BCUT2D eigenvalue weighted by atomic mass is 10.5. The van der Waals surface area contributed by atoms with Gasteiger partial charge < -0.3 is 14.2 Å². The smallest absolute Gasteiger partial charge is 0.334 e. The molecule has 3 nitrogen and oxygen atoms in total. The number of rotatable bonds is 8. The van der Waals surface area contributed by atoms with Crippen molar-refractivity contribution in [2.45, 2.75) is 32.9 Å². The molecule has 0 saturated carbocycles. The molecule has 0 aromatic heterocycles. The average molecular weight is 205 g/mol. The average Bonchev–Trinajstić information content (AvgIpc) is 2.05. The summed E-state index contributed by atoms with van der Waals surface area (Å²) in [4.78, 5) is 0. The van der Waals surface area contributed by atoms with Crippen LogP contribution >= 0.6 is 0 Å². The van der Waals surface area contributed by atoms with Crippen molar-refractivity contribution in [1.82, 2.24) is 5.32 Å². The molecule has 0 aliphatic rings. The fourth-order valence-electron chi connectivity index (χ4n) is 1.38. The Morgan fingerprint density at radius 2 is 1.69 bits per heavy atom. The van der Waals surface area contributed by atoms with Crippen LogP contribution in [-0.2, 0) is 8.85 Å². The van der Waals surface area contributed by atoms with Gasteiger partial charge in [0, 0.05) is 13.2 Å². The predicted octanol–water partition coefficient (Wildman–Crippen LogP) is 1.74. The van der Waals surface area contributed by atoms with Gasteiger partial charge in [0.25, 0.3) is 0 Å². The second-order valence-electron chi connectivity index (χ2n) is 3.21. The van der Waals surface area contributed by atoms with Crippen molar-refractivity contribution in [2.75, 3.05) is 26.8 Å². The molecular formula is C9H23NO2Si. The zero-order valence-corrected chi connectivity index (χ0v) is 10.4. The molecule has 0 aromatic carbocycles. The summed E-state index contributed by atoms with van der Waals surface area (Å²) >= 11 is 0. The van der Waals surface area contributed by atoms with Crippen LogP contribution in [0.15, 0.2) is 0 Å². The van der Waals surface area contributed by atoms with E-state index < -0.39 is 8.56 Å². The first kappa shape index (κ1) is 13.1. The quantitative estimate of drug-likeness (QED) is 0.484. The van der Waals surface area contributed by atoms with Crippen LogP contribution in [-0.4, -0.2) is 35.4 Å². The minimum atomic E-state index is -1.83. The Morgan fingerprint density at radius 3 is 2.08 bits per heavy atom. The SMILES string of the molecule is CCO[Si](C)(CCCNC)OCC. The van der Waals surface area contributed by atoms with Crippen molar-refractivity contribution in [3.8, 4) is 0 Å². The number of hydrogen-bond acceptors (Lipinski definition) is 3. The lowest BCUT2D eigenvalue weighted by molar-refractivity contribution is 0.188. The van der Waals surface area contributed by atoms with Gasteiger partial charge in [-0.2, -0.15) is 0 Å². The van der Waals surface area contributed by atoms with Crippen LogP contribution in [0, 0.1) is 0 Å². The zero-order chi connectivity index (χ0) is 10.2. The Balaban J connectivity index is 3.76. The van der Waals surface area contributed by atoms with Gasteiger partial charge in [-0.3, -0.25) is 0 Å². The number of hydrogen-bond donors (Lipinski definition) is 1. The van der Waals surface area contributed by atoms with Gasteiger partial charge in [-0.15, -0.1) is 0 Å². The largest absolute Gasteiger partial charge is 0.395 e. The Kier molecular flexibility index (Phi) is 7.55. The van der Waals surface area contributed by atoms with Gasteiger partial charge in [0.05, 0.1) is 0 Å². The van der Waals surface area contributed by atoms with Crippen LogP contribution in [0.1, 0.15) is 20.3 Å². The predicted molar refractivity (Wildman–Crippen MR) is 58.2 cm³/mol. The molecule has 0 rings (SSSR count). The van der Waals surface area contributed by atoms with Gasteiger partial charge in [-0.05, 0) is 46.5 Å². The second-order valence-corrected chi connectivity index (χ2v) is 6.55. The van der Waals surface area contributed by atoms with Gasteiger partial charge in [-0.25, -0.2) is 0 Å². The lowest BCUT2D eigenvalue weighted by Crippen LogP contribution is -2.39. The summed E-state index contributed by atoms with van der Waals surface area (Å²) in [6.45, 7) is 8.79. The molecule has 0 aromatic rings. The van der Waals surface area contributed by atoms with Crippen molar-refractivity contribution in [1.29, 1.82) is 0 Å². The van der Waals surface area contributed by atoms with Crippen LogP contribution in [0.4, 0.5) is 0 Å². The van der Waals surface area contributed by atoms with Gasteiger partial charge in [-0.1, -0.05) is 0 Å². The molecule has 0 saturated heterocycles. The summed E-state index contributed by atoms with van der Waals surface area (Å²) in [5.74, 6) is 0. The van der Waals surface area contributed by atoms with Gasteiger partial charge in [0.15, 0.2) is 0 Å². The highest BCUT2D eigenvalue weighted by molar-refractivity contribution is 6.66. The van der Waals surface area contributed by atoms with Crippen LogP contribution in [0.2, 0.25) is 12.6 Å². The highest BCUT2D eigenvalue weighted by atomic mass is 28.4. The topological polar surface area (TPSA) is 30.5 Å². The van der Waals surface area contributed by atoms with Crippen molar-refractivity contribution in [3.63, 3.8) is 0 Å². The molecule has 0 unspecified atom stereocenters. The normalized spacial score (nSPS) is 12.0. The minimum Gasteiger partial charge on any atom is -0.395 e. The fourth-order valence-corrected chi connectivity index (χ4v) is 3.80. The summed E-state index contributed by atoms with van der Waals surface area (Å²) in [5.41, 5.74) is 0. The number of nitrogens with one attached hydrogen (secondary N) is 1. The first-order valence-corrected chi connectivity index (χ1v) is 7.63. The molecule has 0 amide bonds. The third kappa shape index (κ3) is 6.21. The second kappa shape index (κ2) is 7.50. The van der Waals surface area contributed by atoms with E-state index in [1.807, 2.05) is 20.9 Å². The highest BCUT2D eigenvalue weighted by Crippen LogP contribution is 2.15. The van der Waals surface area contributed by atoms with E-state index >= 15 is 0 Å². The molecule has 13 heavy (non-hydrogen) atoms. The van der Waals surface area contributed by atoms with Crippen molar-refractivity contribution < 1.29 is 8.85 Å². The maximum atomic E-state index is 5.71. The maximum Gasteiger partial charge on any atom is 0.334 e. The Hall–Kier alpha value is 0.0969. The molecule has 80 valence electrons. The summed E-state index contributed by atoms with van der Waals surface area (Å²) in [6, 6.07) is 1.08. The minimum absolute atomic E-state index is 0.766. The van der Waals surface area contributed by atoms with Crippen LogP contribution in [0.5, 0.6) is 0 Å². The summed E-state index contributed by atoms with van der Waals surface area (Å²) in [6.07, 6.45) is 1.14. The zero-order valence-electron chi connectivity index (χ0n) is 9.35. The third-order valence-electron chi connectivity index (χ3n) is 1.96. The summed E-state index contributed by atoms with van der Waals surface area (Å²) in [5, 5.41) is 3.14. The molecule has 0 atom stereocenters. The molecule has 1 N–H and O–H groups in total. The Morgan fingerprint density at radius 1 is 1.15 bits per heavy atom. The highest BCUT2D eigenvalue weighted by Gasteiger charge is 2.29. The maximum absolute atomic E-state index is 5.71. The van der Waals surface area contributed by atoms with Crippen LogP contribution < -0.4 is 5.32 Å². The third-order valence-corrected chi connectivity index (χ3v) is 5.02. The Labute approximate surface area is 83.1 Å². The van der Waals surface area contributed by atoms with Gasteiger partial charge >= 0.3 is 8.56 Å². The fraction of sp³-hybridized carbons (Fsp3) is 1.00. The monoisotopic (exact) mass is 205 g/mol. The van der Waals surface area contributed by atoms with E-state index in [1.54, 1.807) is 0 Å². The van der Waals surface area contributed by atoms with E-state index in [2.05, 4.69) is 11.9 Å². The first-order chi connectivity index (χ1) is 6.18. The van der Waals surface area contributed by atoms with Crippen molar-refractivity contribution in [2.24, 2.45) is 0 Å². The first-order valence-electron chi connectivity index (χ1n) is 5.11. The molecule has 0 bridgehead atoms. The van der Waals surface area contributed by atoms with E-state index in [4.69, 9.17) is 8.85 Å². The van der Waals surface area contributed by atoms with E-state index in [1.165, 1.54) is 0 Å². The molecule has 0 fully saturated rings. The molecule has 0 aliphatic heterocycles. The summed E-state index contributed by atoms with van der Waals surface area (Å²) in [7, 11) is 0.146. The van der Waals surface area contributed by atoms with Crippen molar-refractivity contribution >= 4 is 8.56 Å². The Bertz CT molecular complexity index is 116. The van der Waals surface area contributed by atoms with Crippen LogP contribution in [0.25, 0.3) is 0 Å². The molecule has 4 heteroatoms. The standard InChI is InChI=1S/C9H23NO2Si/c1-5-11-13(4,12-6-2)9-7-8-10-3/h10H,5-9H2,1-4H3. The summed E-state index contributed by atoms with van der Waals surface area (Å²) < 4.78 is 11.4. The molecule has 0 radical (unpaired) electrons. The van der Waals surface area contributed by atoms with Crippen LogP contribution in [0.3, 0.4) is 0 Å². The van der Waals surface area contributed by atoms with Gasteiger partial charge in [0.2, 0.25) is 0 Å². The van der Waals surface area contributed by atoms with E-state index in [-0.39, 0.29) is 0 Å². The van der Waals surface area contributed by atoms with Gasteiger partial charge in [0.1, 0.15) is 0 Å². The van der Waals surface area contributed by atoms with Crippen molar-refractivity contribution in [3.05, 3.63) is 0 Å². The lowest BCUT2D eigenvalue weighted by Gasteiger charge is -2.25. The van der Waals surface area contributed by atoms with E-state index in [0.717, 1.165) is 32.2 Å². The molecular weight excluding hydrogens is 182 g/mol.